The molecule has 1 amide bonds. The summed E-state index contributed by atoms with van der Waals surface area (Å²) < 4.78 is 11.0. The highest BCUT2D eigenvalue weighted by atomic mass is 16.7. The van der Waals surface area contributed by atoms with Crippen molar-refractivity contribution in [2.24, 2.45) is 0 Å². The first-order valence-electron chi connectivity index (χ1n) is 24.1. The molecule has 1 heterocycles. The molecule has 0 aromatic heterocycles. The Morgan fingerprint density at radius 2 is 1.00 bits per heavy atom. The average Bonchev–Trinajstić information content (AvgIpc) is 3.22. The zero-order chi connectivity index (χ0) is 42.6. The third kappa shape index (κ3) is 26.9. The lowest BCUT2D eigenvalue weighted by Crippen LogP contribution is -2.60. The van der Waals surface area contributed by atoms with Crippen LogP contribution >= 0.6 is 0 Å². The Morgan fingerprint density at radius 1 is 0.586 bits per heavy atom. The smallest absolute Gasteiger partial charge is 0.249 e. The zero-order valence-electron chi connectivity index (χ0n) is 37.0. The number of amides is 1. The van der Waals surface area contributed by atoms with Crippen LogP contribution in [0.4, 0.5) is 0 Å². The van der Waals surface area contributed by atoms with Crippen LogP contribution in [0.5, 0.6) is 0 Å². The van der Waals surface area contributed by atoms with Crippen molar-refractivity contribution in [2.75, 3.05) is 13.2 Å². The van der Waals surface area contributed by atoms with Crippen molar-refractivity contribution in [2.45, 2.75) is 268 Å². The molecule has 0 aliphatic carbocycles. The molecule has 0 saturated carbocycles. The summed E-state index contributed by atoms with van der Waals surface area (Å²) in [5.41, 5.74) is 0. The summed E-state index contributed by atoms with van der Waals surface area (Å²) in [5.74, 6) is -0.701. The van der Waals surface area contributed by atoms with Gasteiger partial charge in [-0.2, -0.15) is 0 Å². The summed E-state index contributed by atoms with van der Waals surface area (Å²) >= 11 is 0. The van der Waals surface area contributed by atoms with Gasteiger partial charge in [-0.25, -0.2) is 0 Å². The largest absolute Gasteiger partial charge is 0.394 e. The van der Waals surface area contributed by atoms with E-state index in [-0.39, 0.29) is 6.42 Å². The summed E-state index contributed by atoms with van der Waals surface area (Å²) in [5, 5.41) is 75.3. The van der Waals surface area contributed by atoms with Crippen LogP contribution in [0.15, 0.2) is 12.2 Å². The van der Waals surface area contributed by atoms with Crippen molar-refractivity contribution >= 4 is 5.91 Å². The van der Waals surface area contributed by atoms with E-state index in [1.54, 1.807) is 0 Å². The van der Waals surface area contributed by atoms with Gasteiger partial charge in [-0.3, -0.25) is 4.79 Å². The fourth-order valence-electron chi connectivity index (χ4n) is 7.79. The molecule has 9 atom stereocenters. The van der Waals surface area contributed by atoms with Crippen LogP contribution < -0.4 is 5.32 Å². The van der Waals surface area contributed by atoms with Crippen LogP contribution in [0.25, 0.3) is 0 Å². The highest BCUT2D eigenvalue weighted by Gasteiger charge is 2.44. The number of aliphatic hydroxyl groups excluding tert-OH is 7. The number of allylic oxidation sites excluding steroid dienone is 2. The molecule has 0 aromatic rings. The van der Waals surface area contributed by atoms with Gasteiger partial charge in [-0.15, -0.1) is 0 Å². The summed E-state index contributed by atoms with van der Waals surface area (Å²) in [6, 6.07) is -1.16. The van der Waals surface area contributed by atoms with Gasteiger partial charge in [-0.1, -0.05) is 187 Å². The molecule has 0 spiro atoms. The predicted octanol–water partition coefficient (Wildman–Crippen LogP) is 8.06. The summed E-state index contributed by atoms with van der Waals surface area (Å²) in [7, 11) is 0. The average molecular weight is 830 g/mol. The Kier molecular flexibility index (Phi) is 35.6. The van der Waals surface area contributed by atoms with E-state index < -0.39 is 74.2 Å². The summed E-state index contributed by atoms with van der Waals surface area (Å²) in [6.45, 7) is 3.38. The van der Waals surface area contributed by atoms with E-state index >= 15 is 0 Å². The second-order valence-corrected chi connectivity index (χ2v) is 17.2. The van der Waals surface area contributed by atoms with Gasteiger partial charge in [0, 0.05) is 0 Å². The van der Waals surface area contributed by atoms with E-state index in [1.165, 1.54) is 122 Å². The third-order valence-electron chi connectivity index (χ3n) is 11.8. The molecule has 0 radical (unpaired) electrons. The zero-order valence-corrected chi connectivity index (χ0v) is 37.0. The number of ether oxygens (including phenoxy) is 2. The second-order valence-electron chi connectivity index (χ2n) is 17.2. The first-order chi connectivity index (χ1) is 28.2. The molecule has 1 fully saturated rings. The van der Waals surface area contributed by atoms with E-state index in [1.807, 2.05) is 0 Å². The van der Waals surface area contributed by atoms with Crippen LogP contribution in [0.2, 0.25) is 0 Å². The van der Waals surface area contributed by atoms with Crippen LogP contribution in [0, 0.1) is 0 Å². The number of hydrogen-bond acceptors (Lipinski definition) is 10. The number of nitrogens with one attached hydrogen (secondary N) is 1. The second kappa shape index (κ2) is 37.6. The molecule has 58 heavy (non-hydrogen) atoms. The molecular formula is C47H91NO10. The standard InChI is InChI=1S/C47H91NO10/c1-3-5-7-9-11-12-13-14-15-16-17-18-19-20-21-22-23-24-25-26-27-29-31-33-35-40(51)46(56)48-38(42(52)39(50)34-32-30-28-10-8-6-4-2)37-57-47-45(55)44(54)43(53)41(36-49)58-47/h20-21,38-45,47,49-55H,3-19,22-37H2,1-2H3,(H,48,56)/b21-20-. The highest BCUT2D eigenvalue weighted by molar-refractivity contribution is 5.80. The maximum absolute atomic E-state index is 13.0. The number of rotatable bonds is 40. The van der Waals surface area contributed by atoms with Gasteiger partial charge >= 0.3 is 0 Å². The molecule has 0 bridgehead atoms. The lowest BCUT2D eigenvalue weighted by molar-refractivity contribution is -0.303. The molecule has 8 N–H and O–H groups in total. The van der Waals surface area contributed by atoms with Gasteiger partial charge in [-0.05, 0) is 38.5 Å². The Labute approximate surface area is 353 Å². The number of carbonyl (C=O) groups excluding carboxylic acids is 1. The predicted molar refractivity (Wildman–Crippen MR) is 233 cm³/mol. The summed E-state index contributed by atoms with van der Waals surface area (Å²) in [4.78, 5) is 13.0. The van der Waals surface area contributed by atoms with E-state index in [0.29, 0.717) is 19.3 Å². The van der Waals surface area contributed by atoms with Gasteiger partial charge in [0.2, 0.25) is 5.91 Å². The molecular weight excluding hydrogens is 739 g/mol. The van der Waals surface area contributed by atoms with Gasteiger partial charge in [0.1, 0.15) is 36.6 Å². The fraction of sp³-hybridized carbons (Fsp3) is 0.936. The van der Waals surface area contributed by atoms with Crippen molar-refractivity contribution in [3.8, 4) is 0 Å². The molecule has 1 rings (SSSR count). The molecule has 1 aliphatic heterocycles. The van der Waals surface area contributed by atoms with E-state index in [2.05, 4.69) is 31.3 Å². The van der Waals surface area contributed by atoms with Gasteiger partial charge in [0.25, 0.3) is 0 Å². The Morgan fingerprint density at radius 3 is 1.45 bits per heavy atom. The first-order valence-corrected chi connectivity index (χ1v) is 24.1. The summed E-state index contributed by atoms with van der Waals surface area (Å²) in [6.07, 6.45) is 28.8. The van der Waals surface area contributed by atoms with Crippen LogP contribution in [-0.4, -0.2) is 110 Å². The van der Waals surface area contributed by atoms with Crippen molar-refractivity contribution in [3.63, 3.8) is 0 Å². The van der Waals surface area contributed by atoms with Crippen molar-refractivity contribution in [1.82, 2.24) is 5.32 Å². The maximum Gasteiger partial charge on any atom is 0.249 e. The molecule has 1 saturated heterocycles. The van der Waals surface area contributed by atoms with Gasteiger partial charge in [0.05, 0.1) is 25.4 Å². The number of unbranched alkanes of at least 4 members (excludes halogenated alkanes) is 26. The highest BCUT2D eigenvalue weighted by Crippen LogP contribution is 2.23. The van der Waals surface area contributed by atoms with Crippen LogP contribution in [-0.2, 0) is 14.3 Å². The molecule has 11 heteroatoms. The van der Waals surface area contributed by atoms with E-state index in [9.17, 15) is 40.5 Å². The van der Waals surface area contributed by atoms with Gasteiger partial charge < -0.3 is 50.5 Å². The first kappa shape index (κ1) is 54.9. The van der Waals surface area contributed by atoms with Crippen LogP contribution in [0.3, 0.4) is 0 Å². The molecule has 1 aliphatic rings. The minimum atomic E-state index is -1.66. The van der Waals surface area contributed by atoms with Crippen molar-refractivity contribution in [3.05, 3.63) is 12.2 Å². The maximum atomic E-state index is 13.0. The van der Waals surface area contributed by atoms with Crippen molar-refractivity contribution in [1.29, 1.82) is 0 Å². The Balaban J connectivity index is 2.28. The number of aliphatic hydroxyl groups is 7. The number of carbonyl (C=O) groups is 1. The minimum Gasteiger partial charge on any atom is -0.394 e. The Bertz CT molecular complexity index is 954. The van der Waals surface area contributed by atoms with E-state index in [0.717, 1.165) is 51.4 Å². The van der Waals surface area contributed by atoms with E-state index in [4.69, 9.17) is 9.47 Å². The minimum absolute atomic E-state index is 0.258. The molecule has 9 unspecified atom stereocenters. The topological polar surface area (TPSA) is 189 Å². The monoisotopic (exact) mass is 830 g/mol. The number of hydrogen-bond donors (Lipinski definition) is 8. The fourth-order valence-corrected chi connectivity index (χ4v) is 7.79. The normalized spacial score (nSPS) is 22.0. The lowest BCUT2D eigenvalue weighted by Gasteiger charge is -2.40. The van der Waals surface area contributed by atoms with Crippen molar-refractivity contribution < 1.29 is 50.0 Å². The van der Waals surface area contributed by atoms with Gasteiger partial charge in [0.15, 0.2) is 6.29 Å². The molecule has 11 nitrogen and oxygen atoms in total. The quantitative estimate of drug-likeness (QED) is 0.0222. The molecule has 0 aromatic carbocycles. The molecule has 344 valence electrons. The van der Waals surface area contributed by atoms with Crippen LogP contribution in [0.1, 0.15) is 213 Å². The third-order valence-corrected chi connectivity index (χ3v) is 11.8. The SMILES string of the molecule is CCCCCCCCCCCCCC/C=C\CCCCCCCCCCC(O)C(=O)NC(COC1OC(CO)C(O)C(O)C1O)C(O)C(O)CCCCCCCCC. The lowest BCUT2D eigenvalue weighted by atomic mass is 9.98. The Hall–Kier alpha value is -1.15.